The van der Waals surface area contributed by atoms with Gasteiger partial charge in [0.1, 0.15) is 23.0 Å². The molecular weight excluding hydrogens is 360 g/mol. The molecule has 0 radical (unpaired) electrons. The number of cyclic esters (lactones) is 1. The first-order valence-corrected chi connectivity index (χ1v) is 9.26. The number of aromatic hydroxyl groups is 1. The summed E-state index contributed by atoms with van der Waals surface area (Å²) in [4.78, 5) is 24.2. The van der Waals surface area contributed by atoms with Crippen molar-refractivity contribution in [2.75, 3.05) is 14.2 Å². The summed E-state index contributed by atoms with van der Waals surface area (Å²) in [6, 6.07) is 6.88. The average molecular weight is 382 g/mol. The highest BCUT2D eigenvalue weighted by atomic mass is 16.6. The Balaban J connectivity index is 1.86. The minimum atomic E-state index is -0.775. The molecule has 2 aromatic rings. The molecule has 4 rings (SSSR count). The van der Waals surface area contributed by atoms with E-state index in [1.54, 1.807) is 38.3 Å². The highest BCUT2D eigenvalue weighted by molar-refractivity contribution is 5.95. The number of rotatable bonds is 4. The predicted octanol–water partition coefficient (Wildman–Crippen LogP) is 3.36. The standard InChI is InChI=1S/C22H22O6/c1-11(23)12-7-8-13-15(9-12)18(27-3)10-16(20(13)24)21-19-14(22(25)28-21)5-4-6-17(19)26-2/h4-6,10,12,21,24H,7-9H2,1-3H3. The van der Waals surface area contributed by atoms with Gasteiger partial charge < -0.3 is 19.3 Å². The molecule has 0 saturated carbocycles. The smallest absolute Gasteiger partial charge is 0.339 e. The number of carbonyl (C=O) groups excluding carboxylic acids is 2. The summed E-state index contributed by atoms with van der Waals surface area (Å²) >= 11 is 0. The van der Waals surface area contributed by atoms with E-state index in [2.05, 4.69) is 0 Å². The maximum Gasteiger partial charge on any atom is 0.339 e. The van der Waals surface area contributed by atoms with E-state index < -0.39 is 12.1 Å². The number of Topliss-reactive ketones (excluding diaryl/α,β-unsaturated/α-hetero) is 1. The lowest BCUT2D eigenvalue weighted by Gasteiger charge is -2.27. The van der Waals surface area contributed by atoms with Crippen molar-refractivity contribution in [1.82, 2.24) is 0 Å². The number of methoxy groups -OCH3 is 2. The SMILES string of the molecule is COc1cc(C2OC(=O)c3cccc(OC)c32)c(O)c2c1CC(C(C)=O)CC2. The Bertz CT molecular complexity index is 977. The molecular formula is C22H22O6. The number of benzene rings is 2. The molecule has 1 N–H and O–H groups in total. The Morgan fingerprint density at radius 3 is 2.61 bits per heavy atom. The summed E-state index contributed by atoms with van der Waals surface area (Å²) in [5.41, 5.74) is 3.10. The maximum atomic E-state index is 12.4. The molecule has 0 bridgehead atoms. The highest BCUT2D eigenvalue weighted by Gasteiger charge is 2.39. The lowest BCUT2D eigenvalue weighted by atomic mass is 9.79. The van der Waals surface area contributed by atoms with Gasteiger partial charge in [-0.1, -0.05) is 6.07 Å². The lowest BCUT2D eigenvalue weighted by molar-refractivity contribution is -0.121. The summed E-state index contributed by atoms with van der Waals surface area (Å²) < 4.78 is 16.6. The molecule has 1 aliphatic carbocycles. The zero-order chi connectivity index (χ0) is 20.0. The van der Waals surface area contributed by atoms with Gasteiger partial charge in [-0.15, -0.1) is 0 Å². The summed E-state index contributed by atoms with van der Waals surface area (Å²) in [7, 11) is 3.09. The van der Waals surface area contributed by atoms with Crippen LogP contribution in [-0.2, 0) is 22.4 Å². The Morgan fingerprint density at radius 2 is 1.93 bits per heavy atom. The van der Waals surface area contributed by atoms with Gasteiger partial charge in [0, 0.05) is 22.6 Å². The molecule has 2 aromatic carbocycles. The van der Waals surface area contributed by atoms with E-state index in [0.29, 0.717) is 47.5 Å². The number of phenolic OH excluding ortho intramolecular Hbond substituents is 1. The van der Waals surface area contributed by atoms with Crippen molar-refractivity contribution in [3.05, 3.63) is 52.1 Å². The van der Waals surface area contributed by atoms with Crippen LogP contribution in [0.25, 0.3) is 0 Å². The van der Waals surface area contributed by atoms with E-state index in [0.717, 1.165) is 11.1 Å². The van der Waals surface area contributed by atoms with Crippen LogP contribution >= 0.6 is 0 Å². The summed E-state index contributed by atoms with van der Waals surface area (Å²) in [5.74, 6) is 0.826. The lowest BCUT2D eigenvalue weighted by Crippen LogP contribution is -2.22. The van der Waals surface area contributed by atoms with Crippen LogP contribution in [0.3, 0.4) is 0 Å². The molecule has 146 valence electrons. The highest BCUT2D eigenvalue weighted by Crippen LogP contribution is 2.48. The normalized spacial score (nSPS) is 20.2. The molecule has 2 atom stereocenters. The summed E-state index contributed by atoms with van der Waals surface area (Å²) in [6.07, 6.45) is 0.997. The van der Waals surface area contributed by atoms with Crippen LogP contribution < -0.4 is 9.47 Å². The van der Waals surface area contributed by atoms with E-state index in [1.807, 2.05) is 0 Å². The fourth-order valence-electron chi connectivity index (χ4n) is 4.27. The van der Waals surface area contributed by atoms with Gasteiger partial charge in [-0.2, -0.15) is 0 Å². The third kappa shape index (κ3) is 2.71. The molecule has 0 fully saturated rings. The van der Waals surface area contributed by atoms with Gasteiger partial charge in [0.15, 0.2) is 6.10 Å². The molecule has 2 aliphatic rings. The van der Waals surface area contributed by atoms with E-state index >= 15 is 0 Å². The molecule has 6 nitrogen and oxygen atoms in total. The number of esters is 1. The monoisotopic (exact) mass is 382 g/mol. The zero-order valence-corrected chi connectivity index (χ0v) is 16.1. The molecule has 1 aliphatic heterocycles. The van der Waals surface area contributed by atoms with Crippen molar-refractivity contribution in [2.45, 2.75) is 32.3 Å². The minimum Gasteiger partial charge on any atom is -0.507 e. The van der Waals surface area contributed by atoms with Crippen molar-refractivity contribution < 1.29 is 28.9 Å². The van der Waals surface area contributed by atoms with Gasteiger partial charge in [0.05, 0.1) is 25.3 Å². The molecule has 1 heterocycles. The first kappa shape index (κ1) is 18.3. The Kier molecular flexibility index (Phi) is 4.49. The molecule has 0 amide bonds. The van der Waals surface area contributed by atoms with Crippen LogP contribution in [0.4, 0.5) is 0 Å². The molecule has 28 heavy (non-hydrogen) atoms. The van der Waals surface area contributed by atoms with Gasteiger partial charge >= 0.3 is 5.97 Å². The fraction of sp³-hybridized carbons (Fsp3) is 0.364. The number of hydrogen-bond acceptors (Lipinski definition) is 6. The van der Waals surface area contributed by atoms with Gasteiger partial charge in [-0.25, -0.2) is 4.79 Å². The van der Waals surface area contributed by atoms with E-state index in [1.165, 1.54) is 7.11 Å². The number of hydrogen-bond donors (Lipinski definition) is 1. The average Bonchev–Trinajstić information content (AvgIpc) is 3.04. The topological polar surface area (TPSA) is 82.1 Å². The van der Waals surface area contributed by atoms with Crippen LogP contribution in [0.2, 0.25) is 0 Å². The van der Waals surface area contributed by atoms with Gasteiger partial charge in [-0.05, 0) is 44.4 Å². The molecule has 0 aromatic heterocycles. The van der Waals surface area contributed by atoms with Gasteiger partial charge in [0.25, 0.3) is 0 Å². The maximum absolute atomic E-state index is 12.4. The summed E-state index contributed by atoms with van der Waals surface area (Å²) in [5, 5.41) is 11.0. The molecule has 0 spiro atoms. The van der Waals surface area contributed by atoms with Crippen molar-refractivity contribution in [1.29, 1.82) is 0 Å². The molecule has 6 heteroatoms. The Morgan fingerprint density at radius 1 is 1.18 bits per heavy atom. The number of carbonyl (C=O) groups is 2. The Labute approximate surface area is 163 Å². The third-order valence-corrected chi connectivity index (χ3v) is 5.77. The van der Waals surface area contributed by atoms with Crippen LogP contribution in [0, 0.1) is 5.92 Å². The number of phenols is 1. The minimum absolute atomic E-state index is 0.0724. The van der Waals surface area contributed by atoms with Crippen LogP contribution in [0.1, 0.15) is 52.1 Å². The van der Waals surface area contributed by atoms with Crippen LogP contribution in [0.5, 0.6) is 17.2 Å². The van der Waals surface area contributed by atoms with Crippen molar-refractivity contribution in [3.8, 4) is 17.2 Å². The van der Waals surface area contributed by atoms with Gasteiger partial charge in [-0.3, -0.25) is 4.79 Å². The largest absolute Gasteiger partial charge is 0.507 e. The molecule has 2 unspecified atom stereocenters. The first-order chi connectivity index (χ1) is 13.5. The van der Waals surface area contributed by atoms with Crippen molar-refractivity contribution >= 4 is 11.8 Å². The zero-order valence-electron chi connectivity index (χ0n) is 16.1. The fourth-order valence-corrected chi connectivity index (χ4v) is 4.27. The van der Waals surface area contributed by atoms with E-state index in [-0.39, 0.29) is 17.5 Å². The number of fused-ring (bicyclic) bond motifs is 2. The van der Waals surface area contributed by atoms with Crippen molar-refractivity contribution in [2.24, 2.45) is 5.92 Å². The quantitative estimate of drug-likeness (QED) is 0.817. The second-order valence-electron chi connectivity index (χ2n) is 7.23. The second kappa shape index (κ2) is 6.86. The first-order valence-electron chi connectivity index (χ1n) is 9.26. The van der Waals surface area contributed by atoms with Crippen LogP contribution in [-0.4, -0.2) is 31.1 Å². The van der Waals surface area contributed by atoms with Gasteiger partial charge in [0.2, 0.25) is 0 Å². The predicted molar refractivity (Wildman–Crippen MR) is 101 cm³/mol. The van der Waals surface area contributed by atoms with E-state index in [4.69, 9.17) is 14.2 Å². The number of ketones is 1. The van der Waals surface area contributed by atoms with Crippen molar-refractivity contribution in [3.63, 3.8) is 0 Å². The van der Waals surface area contributed by atoms with E-state index in [9.17, 15) is 14.7 Å². The summed E-state index contributed by atoms with van der Waals surface area (Å²) in [6.45, 7) is 1.59. The number of ether oxygens (including phenoxy) is 3. The second-order valence-corrected chi connectivity index (χ2v) is 7.23. The third-order valence-electron chi connectivity index (χ3n) is 5.77. The Hall–Kier alpha value is -3.02. The van der Waals surface area contributed by atoms with Crippen LogP contribution in [0.15, 0.2) is 24.3 Å². The molecule has 0 saturated heterocycles.